The highest BCUT2D eigenvalue weighted by molar-refractivity contribution is 6.04. The van der Waals surface area contributed by atoms with Crippen molar-refractivity contribution < 1.29 is 23.9 Å². The second-order valence-corrected chi connectivity index (χ2v) is 6.62. The van der Waals surface area contributed by atoms with Gasteiger partial charge in [-0.15, -0.1) is 0 Å². The molecule has 1 aromatic rings. The van der Waals surface area contributed by atoms with Crippen LogP contribution < -0.4 is 10.6 Å². The SMILES string of the molecule is COCCOC(=O)CCC(=O)Nc1ccccc1C(=O)NC1CCCCC1. The number of para-hydroxylation sites is 1. The van der Waals surface area contributed by atoms with E-state index in [2.05, 4.69) is 10.6 Å². The van der Waals surface area contributed by atoms with Crippen LogP contribution in [0.2, 0.25) is 0 Å². The van der Waals surface area contributed by atoms with E-state index in [0.717, 1.165) is 25.7 Å². The van der Waals surface area contributed by atoms with E-state index in [-0.39, 0.29) is 37.3 Å². The third kappa shape index (κ3) is 7.38. The molecule has 1 aliphatic carbocycles. The van der Waals surface area contributed by atoms with Crippen LogP contribution in [0.4, 0.5) is 5.69 Å². The van der Waals surface area contributed by atoms with Gasteiger partial charge in [0.25, 0.3) is 5.91 Å². The van der Waals surface area contributed by atoms with E-state index in [1.165, 1.54) is 13.5 Å². The number of carbonyl (C=O) groups is 3. The molecule has 2 amide bonds. The van der Waals surface area contributed by atoms with Crippen molar-refractivity contribution in [1.29, 1.82) is 0 Å². The summed E-state index contributed by atoms with van der Waals surface area (Å²) in [7, 11) is 1.52. The molecule has 7 heteroatoms. The maximum absolute atomic E-state index is 12.6. The van der Waals surface area contributed by atoms with Crippen LogP contribution in [0.1, 0.15) is 55.3 Å². The number of benzene rings is 1. The minimum atomic E-state index is -0.453. The summed E-state index contributed by atoms with van der Waals surface area (Å²) >= 11 is 0. The van der Waals surface area contributed by atoms with Crippen molar-refractivity contribution in [3.8, 4) is 0 Å². The van der Waals surface area contributed by atoms with Crippen LogP contribution in [-0.2, 0) is 19.1 Å². The summed E-state index contributed by atoms with van der Waals surface area (Å²) in [5.41, 5.74) is 0.877. The maximum Gasteiger partial charge on any atom is 0.306 e. The molecule has 0 aliphatic heterocycles. The summed E-state index contributed by atoms with van der Waals surface area (Å²) < 4.78 is 9.71. The minimum absolute atomic E-state index is 0.00953. The van der Waals surface area contributed by atoms with Gasteiger partial charge < -0.3 is 20.1 Å². The Morgan fingerprint density at radius 2 is 1.78 bits per heavy atom. The molecule has 7 nitrogen and oxygen atoms in total. The molecule has 0 radical (unpaired) electrons. The van der Waals surface area contributed by atoms with Gasteiger partial charge in [-0.05, 0) is 25.0 Å². The van der Waals surface area contributed by atoms with Gasteiger partial charge in [-0.3, -0.25) is 14.4 Å². The molecule has 1 fully saturated rings. The first kappa shape index (κ1) is 20.9. The van der Waals surface area contributed by atoms with E-state index >= 15 is 0 Å². The van der Waals surface area contributed by atoms with Crippen LogP contribution in [0.5, 0.6) is 0 Å². The number of ether oxygens (including phenoxy) is 2. The second kappa shape index (κ2) is 11.3. The molecule has 0 spiro atoms. The average molecular weight is 376 g/mol. The number of methoxy groups -OCH3 is 1. The maximum atomic E-state index is 12.6. The lowest BCUT2D eigenvalue weighted by Crippen LogP contribution is -2.36. The van der Waals surface area contributed by atoms with Crippen molar-refractivity contribution >= 4 is 23.5 Å². The molecule has 0 heterocycles. The first-order valence-electron chi connectivity index (χ1n) is 9.44. The molecule has 0 atom stereocenters. The number of hydrogen-bond donors (Lipinski definition) is 2. The quantitative estimate of drug-likeness (QED) is 0.510. The zero-order chi connectivity index (χ0) is 19.5. The molecule has 27 heavy (non-hydrogen) atoms. The standard InChI is InChI=1S/C20H28N2O5/c1-26-13-14-27-19(24)12-11-18(23)22-17-10-6-5-9-16(17)20(25)21-15-7-3-2-4-8-15/h5-6,9-10,15H,2-4,7-8,11-14H2,1H3,(H,21,25)(H,22,23). The van der Waals surface area contributed by atoms with Crippen LogP contribution in [0.3, 0.4) is 0 Å². The Morgan fingerprint density at radius 3 is 2.52 bits per heavy atom. The molecule has 2 N–H and O–H groups in total. The number of anilines is 1. The molecule has 148 valence electrons. The van der Waals surface area contributed by atoms with Crippen molar-refractivity contribution in [3.05, 3.63) is 29.8 Å². The fraction of sp³-hybridized carbons (Fsp3) is 0.550. The Kier molecular flexibility index (Phi) is 8.77. The summed E-state index contributed by atoms with van der Waals surface area (Å²) in [4.78, 5) is 36.3. The van der Waals surface area contributed by atoms with E-state index in [1.807, 2.05) is 0 Å². The van der Waals surface area contributed by atoms with Crippen LogP contribution in [0.25, 0.3) is 0 Å². The summed E-state index contributed by atoms with van der Waals surface area (Å²) in [6.45, 7) is 0.489. The van der Waals surface area contributed by atoms with Gasteiger partial charge in [0, 0.05) is 19.6 Å². The number of carbonyl (C=O) groups excluding carboxylic acids is 3. The molecule has 0 aromatic heterocycles. The van der Waals surface area contributed by atoms with Gasteiger partial charge in [-0.25, -0.2) is 0 Å². The molecule has 1 saturated carbocycles. The number of hydrogen-bond acceptors (Lipinski definition) is 5. The summed E-state index contributed by atoms with van der Waals surface area (Å²) in [6.07, 6.45) is 5.42. The molecular formula is C20H28N2O5. The van der Waals surface area contributed by atoms with Gasteiger partial charge in [-0.2, -0.15) is 0 Å². The zero-order valence-electron chi connectivity index (χ0n) is 15.8. The fourth-order valence-electron chi connectivity index (χ4n) is 3.04. The summed E-state index contributed by atoms with van der Waals surface area (Å²) in [5, 5.41) is 5.77. The smallest absolute Gasteiger partial charge is 0.306 e. The Labute approximate surface area is 159 Å². The van der Waals surface area contributed by atoms with Crippen LogP contribution in [0.15, 0.2) is 24.3 Å². The van der Waals surface area contributed by atoms with Crippen molar-refractivity contribution in [2.75, 3.05) is 25.6 Å². The highest BCUT2D eigenvalue weighted by Crippen LogP contribution is 2.20. The van der Waals surface area contributed by atoms with Gasteiger partial charge in [0.2, 0.25) is 5.91 Å². The molecular weight excluding hydrogens is 348 g/mol. The summed E-state index contributed by atoms with van der Waals surface area (Å²) in [5.74, 6) is -0.973. The fourth-order valence-corrected chi connectivity index (χ4v) is 3.04. The summed E-state index contributed by atoms with van der Waals surface area (Å²) in [6, 6.07) is 7.08. The molecule has 0 bridgehead atoms. The second-order valence-electron chi connectivity index (χ2n) is 6.62. The van der Waals surface area contributed by atoms with Crippen molar-refractivity contribution in [2.45, 2.75) is 51.0 Å². The average Bonchev–Trinajstić information content (AvgIpc) is 2.68. The third-order valence-electron chi connectivity index (χ3n) is 4.49. The van der Waals surface area contributed by atoms with Crippen molar-refractivity contribution in [3.63, 3.8) is 0 Å². The van der Waals surface area contributed by atoms with Crippen molar-refractivity contribution in [2.24, 2.45) is 0 Å². The van der Waals surface area contributed by atoms with Gasteiger partial charge in [0.05, 0.1) is 24.3 Å². The van der Waals surface area contributed by atoms with E-state index in [4.69, 9.17) is 9.47 Å². The Bertz CT molecular complexity index is 641. The van der Waals surface area contributed by atoms with Gasteiger partial charge in [0.15, 0.2) is 0 Å². The van der Waals surface area contributed by atoms with Gasteiger partial charge in [-0.1, -0.05) is 31.4 Å². The first-order valence-corrected chi connectivity index (χ1v) is 9.44. The minimum Gasteiger partial charge on any atom is -0.463 e. The normalized spacial score (nSPS) is 14.4. The van der Waals surface area contributed by atoms with Gasteiger partial charge in [0.1, 0.15) is 6.61 Å². The van der Waals surface area contributed by atoms with Crippen molar-refractivity contribution in [1.82, 2.24) is 5.32 Å². The van der Waals surface area contributed by atoms with Crippen LogP contribution in [0, 0.1) is 0 Å². The van der Waals surface area contributed by atoms with Gasteiger partial charge >= 0.3 is 5.97 Å². The lowest BCUT2D eigenvalue weighted by atomic mass is 9.95. The lowest BCUT2D eigenvalue weighted by molar-refractivity contribution is -0.145. The third-order valence-corrected chi connectivity index (χ3v) is 4.49. The molecule has 1 aromatic carbocycles. The predicted molar refractivity (Wildman–Crippen MR) is 101 cm³/mol. The first-order chi connectivity index (χ1) is 13.1. The Hall–Kier alpha value is -2.41. The monoisotopic (exact) mass is 376 g/mol. The number of rotatable bonds is 9. The van der Waals surface area contributed by atoms with E-state index in [9.17, 15) is 14.4 Å². The van der Waals surface area contributed by atoms with Crippen LogP contribution in [-0.4, -0.2) is 44.1 Å². The largest absolute Gasteiger partial charge is 0.463 e. The van der Waals surface area contributed by atoms with E-state index in [1.54, 1.807) is 24.3 Å². The highest BCUT2D eigenvalue weighted by Gasteiger charge is 2.19. The Balaban J connectivity index is 1.85. The molecule has 1 aliphatic rings. The number of esters is 1. The zero-order valence-corrected chi connectivity index (χ0v) is 15.8. The highest BCUT2D eigenvalue weighted by atomic mass is 16.6. The molecule has 0 saturated heterocycles. The molecule has 0 unspecified atom stereocenters. The van der Waals surface area contributed by atoms with E-state index in [0.29, 0.717) is 17.9 Å². The molecule has 2 rings (SSSR count). The lowest BCUT2D eigenvalue weighted by Gasteiger charge is -2.23. The predicted octanol–water partition coefficient (Wildman–Crippen LogP) is 2.66. The van der Waals surface area contributed by atoms with Crippen LogP contribution >= 0.6 is 0 Å². The van der Waals surface area contributed by atoms with E-state index < -0.39 is 5.97 Å². The number of nitrogens with one attached hydrogen (secondary N) is 2. The topological polar surface area (TPSA) is 93.7 Å². The number of amides is 2. The Morgan fingerprint density at radius 1 is 1.04 bits per heavy atom.